The molecule has 0 spiro atoms. The van der Waals surface area contributed by atoms with E-state index in [1.807, 2.05) is 0 Å². The number of carbonyl (C=O) groups is 1. The van der Waals surface area contributed by atoms with Gasteiger partial charge in [0.2, 0.25) is 0 Å². The minimum atomic E-state index is -0.653. The zero-order valence-corrected chi connectivity index (χ0v) is 21.3. The summed E-state index contributed by atoms with van der Waals surface area (Å²) in [6.07, 6.45) is 19.2. The molecule has 0 radical (unpaired) electrons. The lowest BCUT2D eigenvalue weighted by molar-refractivity contribution is -0.974. The van der Waals surface area contributed by atoms with Gasteiger partial charge >= 0.3 is 5.97 Å². The van der Waals surface area contributed by atoms with E-state index < -0.39 is 18.4 Å². The predicted molar refractivity (Wildman–Crippen MR) is 123 cm³/mol. The van der Waals surface area contributed by atoms with Gasteiger partial charge < -0.3 is 27.7 Å². The van der Waals surface area contributed by atoms with Crippen molar-refractivity contribution in [3.8, 4) is 0 Å². The van der Waals surface area contributed by atoms with Crippen molar-refractivity contribution >= 4 is 5.97 Å². The summed E-state index contributed by atoms with van der Waals surface area (Å²) in [5.74, 6) is -0.653. The van der Waals surface area contributed by atoms with Gasteiger partial charge in [0.25, 0.3) is 0 Å². The zero-order chi connectivity index (χ0) is 22.5. The van der Waals surface area contributed by atoms with Crippen LogP contribution in [0.2, 0.25) is 0 Å². The van der Waals surface area contributed by atoms with Crippen molar-refractivity contribution in [2.24, 2.45) is 0 Å². The van der Waals surface area contributed by atoms with E-state index in [0.717, 1.165) is 12.8 Å². The van der Waals surface area contributed by atoms with Gasteiger partial charge in [0.05, 0.1) is 14.1 Å². The Morgan fingerprint density at radius 3 is 1.13 bits per heavy atom. The summed E-state index contributed by atoms with van der Waals surface area (Å²) >= 11 is 0. The van der Waals surface area contributed by atoms with Crippen LogP contribution in [-0.4, -0.2) is 52.3 Å². The molecule has 184 valence electrons. The predicted octanol–water partition coefficient (Wildman–Crippen LogP) is 3.08. The molecule has 0 saturated heterocycles. The van der Waals surface area contributed by atoms with Crippen LogP contribution in [0, 0.1) is 0 Å². The molecule has 0 aliphatic carbocycles. The molecule has 3 N–H and O–H groups in total. The third-order valence-corrected chi connectivity index (χ3v) is 5.92. The maximum Gasteiger partial charge on any atom is 0.303 e. The standard InChI is InChI=1S/C18H36O2.C6H16NO2.ClH/c1-2-3-4-5-6-7-8-9-10-11-12-13-14-15-16-17-18(19)20;1-5(8)7(3,4)6(2)9;/h2-17H2,1H3,(H,19,20);5-6,8-9H,1-4H3;1H/q;+1;/p-1. The van der Waals surface area contributed by atoms with E-state index in [1.165, 1.54) is 83.5 Å². The minimum Gasteiger partial charge on any atom is -1.00 e. The maximum atomic E-state index is 10.3. The van der Waals surface area contributed by atoms with Gasteiger partial charge in [0.1, 0.15) is 0 Å². The quantitative estimate of drug-likeness (QED) is 0.169. The molecule has 0 aromatic rings. The molecule has 0 aliphatic rings. The van der Waals surface area contributed by atoms with Crippen molar-refractivity contribution < 1.29 is 37.0 Å². The number of quaternary nitrogens is 1. The molecule has 0 bridgehead atoms. The summed E-state index contributed by atoms with van der Waals surface area (Å²) in [7, 11) is 3.55. The average molecular weight is 454 g/mol. The summed E-state index contributed by atoms with van der Waals surface area (Å²) in [6, 6.07) is 0. The number of unbranched alkanes of at least 4 members (excludes halogenated alkanes) is 14. The number of hydrogen-bond acceptors (Lipinski definition) is 3. The molecule has 6 heteroatoms. The van der Waals surface area contributed by atoms with Gasteiger partial charge in [-0.3, -0.25) is 9.28 Å². The lowest BCUT2D eigenvalue weighted by Gasteiger charge is -2.35. The summed E-state index contributed by atoms with van der Waals surface area (Å²) in [4.78, 5) is 10.3. The summed E-state index contributed by atoms with van der Waals surface area (Å²) in [6.45, 7) is 5.59. The first-order chi connectivity index (χ1) is 13.7. The van der Waals surface area contributed by atoms with Gasteiger partial charge in [-0.25, -0.2) is 0 Å². The van der Waals surface area contributed by atoms with Crippen molar-refractivity contribution in [3.05, 3.63) is 0 Å². The van der Waals surface area contributed by atoms with Crippen LogP contribution in [0.15, 0.2) is 0 Å². The van der Waals surface area contributed by atoms with E-state index in [2.05, 4.69) is 6.92 Å². The first-order valence-corrected chi connectivity index (χ1v) is 12.1. The molecule has 30 heavy (non-hydrogen) atoms. The summed E-state index contributed by atoms with van der Waals surface area (Å²) < 4.78 is 0.222. The third kappa shape index (κ3) is 23.9. The lowest BCUT2D eigenvalue weighted by Crippen LogP contribution is -3.00. The first-order valence-electron chi connectivity index (χ1n) is 12.1. The Morgan fingerprint density at radius 2 is 0.933 bits per heavy atom. The van der Waals surface area contributed by atoms with Gasteiger partial charge in [-0.15, -0.1) is 0 Å². The zero-order valence-electron chi connectivity index (χ0n) is 20.5. The smallest absolute Gasteiger partial charge is 0.303 e. The van der Waals surface area contributed by atoms with Crippen molar-refractivity contribution in [2.45, 2.75) is 136 Å². The van der Waals surface area contributed by atoms with Crippen molar-refractivity contribution in [1.82, 2.24) is 0 Å². The van der Waals surface area contributed by atoms with Crippen molar-refractivity contribution in [3.63, 3.8) is 0 Å². The SMILES string of the molecule is CC(O)[N+](C)(C)C(C)O.CCCCCCCCCCCCCCCCCC(=O)O.[Cl-]. The van der Waals surface area contributed by atoms with Gasteiger partial charge in [-0.2, -0.15) is 0 Å². The Hall–Kier alpha value is -0.360. The van der Waals surface area contributed by atoms with E-state index in [1.54, 1.807) is 27.9 Å². The topological polar surface area (TPSA) is 77.8 Å². The van der Waals surface area contributed by atoms with Gasteiger partial charge in [0, 0.05) is 20.3 Å². The normalized spacial score (nSPS) is 13.0. The molecule has 0 saturated carbocycles. The van der Waals surface area contributed by atoms with Gasteiger partial charge in [-0.05, 0) is 6.42 Å². The number of hydrogen-bond donors (Lipinski definition) is 3. The van der Waals surface area contributed by atoms with Crippen molar-refractivity contribution in [1.29, 1.82) is 0 Å². The van der Waals surface area contributed by atoms with E-state index in [4.69, 9.17) is 15.3 Å². The Balaban J connectivity index is -0.000000616. The molecule has 0 aliphatic heterocycles. The number of halogens is 1. The van der Waals surface area contributed by atoms with E-state index in [0.29, 0.717) is 6.42 Å². The fourth-order valence-electron chi connectivity index (χ4n) is 2.96. The molecule has 0 heterocycles. The second-order valence-corrected chi connectivity index (χ2v) is 8.99. The summed E-state index contributed by atoms with van der Waals surface area (Å²) in [5, 5.41) is 26.6. The molecule has 2 atom stereocenters. The van der Waals surface area contributed by atoms with Crippen LogP contribution >= 0.6 is 0 Å². The molecule has 0 amide bonds. The fourth-order valence-corrected chi connectivity index (χ4v) is 2.96. The van der Waals surface area contributed by atoms with Crippen LogP contribution in [0.3, 0.4) is 0 Å². The average Bonchev–Trinajstić information content (AvgIpc) is 2.65. The van der Waals surface area contributed by atoms with Crippen LogP contribution in [-0.2, 0) is 4.79 Å². The molecule has 0 fully saturated rings. The number of nitrogens with zero attached hydrogens (tertiary/aromatic N) is 1. The molecule has 0 rings (SSSR count). The number of aliphatic hydroxyl groups excluding tert-OH is 2. The van der Waals surface area contributed by atoms with Crippen LogP contribution in [0.25, 0.3) is 0 Å². The van der Waals surface area contributed by atoms with Crippen LogP contribution in [0.1, 0.15) is 124 Å². The number of aliphatic hydroxyl groups is 2. The number of rotatable bonds is 18. The van der Waals surface area contributed by atoms with Crippen molar-refractivity contribution in [2.75, 3.05) is 14.1 Å². The van der Waals surface area contributed by atoms with E-state index >= 15 is 0 Å². The number of carboxylic acid groups (broad SMARTS) is 1. The molecular formula is C24H52ClNO4. The van der Waals surface area contributed by atoms with Gasteiger partial charge in [-0.1, -0.05) is 96.8 Å². The van der Waals surface area contributed by atoms with E-state index in [-0.39, 0.29) is 16.9 Å². The molecule has 0 aromatic carbocycles. The third-order valence-electron chi connectivity index (χ3n) is 5.92. The highest BCUT2D eigenvalue weighted by Crippen LogP contribution is 2.13. The molecule has 5 nitrogen and oxygen atoms in total. The molecule has 0 aromatic heterocycles. The summed E-state index contributed by atoms with van der Waals surface area (Å²) in [5.41, 5.74) is 0. The second-order valence-electron chi connectivity index (χ2n) is 8.99. The highest BCUT2D eigenvalue weighted by atomic mass is 35.5. The Bertz CT molecular complexity index is 353. The monoisotopic (exact) mass is 453 g/mol. The van der Waals surface area contributed by atoms with Gasteiger partial charge in [0.15, 0.2) is 12.5 Å². The lowest BCUT2D eigenvalue weighted by atomic mass is 10.0. The van der Waals surface area contributed by atoms with E-state index in [9.17, 15) is 4.79 Å². The Morgan fingerprint density at radius 1 is 0.667 bits per heavy atom. The number of aliphatic carboxylic acids is 1. The Labute approximate surface area is 193 Å². The second kappa shape index (κ2) is 23.3. The number of carboxylic acids is 1. The highest BCUT2D eigenvalue weighted by Gasteiger charge is 2.26. The van der Waals surface area contributed by atoms with Crippen LogP contribution in [0.5, 0.6) is 0 Å². The first kappa shape index (κ1) is 34.3. The maximum absolute atomic E-state index is 10.3. The molecule has 2 unspecified atom stereocenters. The highest BCUT2D eigenvalue weighted by molar-refractivity contribution is 5.66. The largest absolute Gasteiger partial charge is 1.00 e. The fraction of sp³-hybridized carbons (Fsp3) is 0.958. The van der Waals surface area contributed by atoms with Crippen LogP contribution < -0.4 is 12.4 Å². The van der Waals surface area contributed by atoms with Crippen LogP contribution in [0.4, 0.5) is 0 Å². The Kier molecular flexibility index (Phi) is 26.6. The molecular weight excluding hydrogens is 402 g/mol. The minimum absolute atomic E-state index is 0.